The first-order valence-corrected chi connectivity index (χ1v) is 3.97. The third kappa shape index (κ3) is 2.76. The second-order valence-corrected chi connectivity index (χ2v) is 2.64. The van der Waals surface area contributed by atoms with Crippen LogP contribution in [0, 0.1) is 0 Å². The van der Waals surface area contributed by atoms with Crippen molar-refractivity contribution in [3.05, 3.63) is 0 Å². The van der Waals surface area contributed by atoms with Gasteiger partial charge in [0.25, 0.3) is 0 Å². The fourth-order valence-electron chi connectivity index (χ4n) is 0.794. The van der Waals surface area contributed by atoms with Crippen LogP contribution in [0.25, 0.3) is 0 Å². The molecule has 0 atom stereocenters. The molecule has 4 heteroatoms. The van der Waals surface area contributed by atoms with E-state index in [1.807, 2.05) is 6.92 Å². The number of ether oxygens (including phenoxy) is 1. The average molecular weight is 158 g/mol. The lowest BCUT2D eigenvalue weighted by Crippen LogP contribution is -2.57. The molecule has 1 aliphatic heterocycles. The van der Waals surface area contributed by atoms with Crippen molar-refractivity contribution in [2.45, 2.75) is 19.4 Å². The lowest BCUT2D eigenvalue weighted by molar-refractivity contribution is 0.138. The Morgan fingerprint density at radius 2 is 2.45 bits per heavy atom. The summed E-state index contributed by atoms with van der Waals surface area (Å²) in [4.78, 5) is 10.8. The van der Waals surface area contributed by atoms with Crippen LogP contribution in [0.2, 0.25) is 0 Å². The van der Waals surface area contributed by atoms with Gasteiger partial charge >= 0.3 is 6.09 Å². The molecular weight excluding hydrogens is 144 g/mol. The summed E-state index contributed by atoms with van der Waals surface area (Å²) in [6.45, 7) is 4.20. The standard InChI is InChI=1S/C7H14N2O2/c1-2-3-11-7(10)9-6-4-8-5-6/h6,8H,2-5H2,1H3,(H,9,10). The van der Waals surface area contributed by atoms with Crippen molar-refractivity contribution >= 4 is 6.09 Å². The van der Waals surface area contributed by atoms with Gasteiger partial charge in [-0.1, -0.05) is 6.92 Å². The average Bonchev–Trinajstić information content (AvgIpc) is 1.93. The van der Waals surface area contributed by atoms with E-state index >= 15 is 0 Å². The van der Waals surface area contributed by atoms with Gasteiger partial charge in [-0.15, -0.1) is 0 Å². The molecule has 0 aromatic carbocycles. The summed E-state index contributed by atoms with van der Waals surface area (Å²) in [5, 5.41) is 5.78. The molecule has 1 rings (SSSR count). The highest BCUT2D eigenvalue weighted by Gasteiger charge is 2.18. The van der Waals surface area contributed by atoms with Gasteiger partial charge < -0.3 is 15.4 Å². The molecule has 1 saturated heterocycles. The van der Waals surface area contributed by atoms with E-state index in [0.29, 0.717) is 6.61 Å². The molecule has 0 aromatic rings. The second kappa shape index (κ2) is 4.18. The van der Waals surface area contributed by atoms with Crippen LogP contribution in [0.1, 0.15) is 13.3 Å². The SMILES string of the molecule is CCCOC(=O)NC1CNC1. The number of amides is 1. The fourth-order valence-corrected chi connectivity index (χ4v) is 0.794. The Kier molecular flexibility index (Phi) is 3.16. The van der Waals surface area contributed by atoms with Gasteiger partial charge in [0.15, 0.2) is 0 Å². The van der Waals surface area contributed by atoms with Crippen molar-refractivity contribution in [2.24, 2.45) is 0 Å². The van der Waals surface area contributed by atoms with E-state index in [1.165, 1.54) is 0 Å². The van der Waals surface area contributed by atoms with E-state index in [4.69, 9.17) is 4.74 Å². The van der Waals surface area contributed by atoms with E-state index < -0.39 is 0 Å². The smallest absolute Gasteiger partial charge is 0.407 e. The molecular formula is C7H14N2O2. The normalized spacial score (nSPS) is 17.2. The molecule has 11 heavy (non-hydrogen) atoms. The summed E-state index contributed by atoms with van der Waals surface area (Å²) in [5.41, 5.74) is 0. The summed E-state index contributed by atoms with van der Waals surface area (Å²) < 4.78 is 4.82. The number of carbonyl (C=O) groups is 1. The molecule has 4 nitrogen and oxygen atoms in total. The summed E-state index contributed by atoms with van der Waals surface area (Å²) in [7, 11) is 0. The van der Waals surface area contributed by atoms with E-state index in [1.54, 1.807) is 0 Å². The zero-order valence-corrected chi connectivity index (χ0v) is 6.72. The first-order chi connectivity index (χ1) is 5.33. The van der Waals surface area contributed by atoms with Crippen molar-refractivity contribution in [2.75, 3.05) is 19.7 Å². The topological polar surface area (TPSA) is 50.4 Å². The Bertz CT molecular complexity index is 134. The van der Waals surface area contributed by atoms with Gasteiger partial charge in [0.05, 0.1) is 12.6 Å². The van der Waals surface area contributed by atoms with Crippen LogP contribution in [0.4, 0.5) is 4.79 Å². The van der Waals surface area contributed by atoms with Gasteiger partial charge in [-0.25, -0.2) is 4.79 Å². The maximum absolute atomic E-state index is 10.8. The number of nitrogens with one attached hydrogen (secondary N) is 2. The maximum atomic E-state index is 10.8. The van der Waals surface area contributed by atoms with Crippen molar-refractivity contribution in [1.82, 2.24) is 10.6 Å². The minimum absolute atomic E-state index is 0.277. The Balaban J connectivity index is 2.00. The molecule has 1 amide bonds. The van der Waals surface area contributed by atoms with Gasteiger partial charge in [-0.05, 0) is 6.42 Å². The van der Waals surface area contributed by atoms with Crippen molar-refractivity contribution < 1.29 is 9.53 Å². The van der Waals surface area contributed by atoms with Crippen LogP contribution in [0.3, 0.4) is 0 Å². The third-order valence-corrected chi connectivity index (χ3v) is 1.54. The number of carbonyl (C=O) groups excluding carboxylic acids is 1. The number of alkyl carbamates (subject to hydrolysis) is 1. The van der Waals surface area contributed by atoms with Gasteiger partial charge in [0.2, 0.25) is 0 Å². The van der Waals surface area contributed by atoms with E-state index in [0.717, 1.165) is 19.5 Å². The summed E-state index contributed by atoms with van der Waals surface area (Å²) >= 11 is 0. The molecule has 0 bridgehead atoms. The van der Waals surface area contributed by atoms with Crippen LogP contribution in [0.5, 0.6) is 0 Å². The lowest BCUT2D eigenvalue weighted by Gasteiger charge is -2.27. The molecule has 1 heterocycles. The molecule has 0 aromatic heterocycles. The molecule has 2 N–H and O–H groups in total. The number of hydrogen-bond acceptors (Lipinski definition) is 3. The predicted molar refractivity (Wildman–Crippen MR) is 41.4 cm³/mol. The highest BCUT2D eigenvalue weighted by molar-refractivity contribution is 5.67. The Hall–Kier alpha value is -0.770. The predicted octanol–water partition coefficient (Wildman–Crippen LogP) is 0.0944. The second-order valence-electron chi connectivity index (χ2n) is 2.64. The quantitative estimate of drug-likeness (QED) is 0.612. The maximum Gasteiger partial charge on any atom is 0.407 e. The largest absolute Gasteiger partial charge is 0.450 e. The minimum atomic E-state index is -0.293. The van der Waals surface area contributed by atoms with Crippen molar-refractivity contribution in [1.29, 1.82) is 0 Å². The molecule has 1 aliphatic rings. The van der Waals surface area contributed by atoms with E-state index in [-0.39, 0.29) is 12.1 Å². The van der Waals surface area contributed by atoms with Gasteiger partial charge in [0, 0.05) is 13.1 Å². The van der Waals surface area contributed by atoms with Crippen LogP contribution >= 0.6 is 0 Å². The summed E-state index contributed by atoms with van der Waals surface area (Å²) in [6.07, 6.45) is 0.578. The minimum Gasteiger partial charge on any atom is -0.450 e. The third-order valence-electron chi connectivity index (χ3n) is 1.54. The molecule has 0 saturated carbocycles. The zero-order valence-electron chi connectivity index (χ0n) is 6.72. The molecule has 0 spiro atoms. The monoisotopic (exact) mass is 158 g/mol. The van der Waals surface area contributed by atoms with Gasteiger partial charge in [-0.2, -0.15) is 0 Å². The molecule has 0 aliphatic carbocycles. The van der Waals surface area contributed by atoms with E-state index in [9.17, 15) is 4.79 Å². The van der Waals surface area contributed by atoms with Crippen molar-refractivity contribution in [3.63, 3.8) is 0 Å². The Labute approximate surface area is 66.3 Å². The van der Waals surface area contributed by atoms with Crippen LogP contribution in [-0.2, 0) is 4.74 Å². The number of rotatable bonds is 3. The first-order valence-electron chi connectivity index (χ1n) is 3.97. The first kappa shape index (κ1) is 8.33. The van der Waals surface area contributed by atoms with Crippen LogP contribution in [0.15, 0.2) is 0 Å². The van der Waals surface area contributed by atoms with Crippen LogP contribution < -0.4 is 10.6 Å². The fraction of sp³-hybridized carbons (Fsp3) is 0.857. The zero-order chi connectivity index (χ0) is 8.10. The number of hydrogen-bond donors (Lipinski definition) is 2. The molecule has 1 fully saturated rings. The van der Waals surface area contributed by atoms with Gasteiger partial charge in [0.1, 0.15) is 0 Å². The molecule has 0 radical (unpaired) electrons. The molecule has 64 valence electrons. The Morgan fingerprint density at radius 1 is 1.73 bits per heavy atom. The van der Waals surface area contributed by atoms with Crippen LogP contribution in [-0.4, -0.2) is 31.8 Å². The van der Waals surface area contributed by atoms with Gasteiger partial charge in [-0.3, -0.25) is 0 Å². The highest BCUT2D eigenvalue weighted by Crippen LogP contribution is 1.91. The summed E-state index contributed by atoms with van der Waals surface area (Å²) in [6, 6.07) is 0.277. The summed E-state index contributed by atoms with van der Waals surface area (Å²) in [5.74, 6) is 0. The van der Waals surface area contributed by atoms with E-state index in [2.05, 4.69) is 10.6 Å². The lowest BCUT2D eigenvalue weighted by atomic mass is 10.2. The van der Waals surface area contributed by atoms with Crippen molar-refractivity contribution in [3.8, 4) is 0 Å². The molecule has 0 unspecified atom stereocenters. The Morgan fingerprint density at radius 3 is 2.91 bits per heavy atom. The highest BCUT2D eigenvalue weighted by atomic mass is 16.5.